The van der Waals surface area contributed by atoms with Crippen molar-refractivity contribution < 1.29 is 4.79 Å². The van der Waals surface area contributed by atoms with Crippen LogP contribution in [0.4, 0.5) is 10.6 Å². The smallest absolute Gasteiger partial charge is 0.320 e. The van der Waals surface area contributed by atoms with Crippen molar-refractivity contribution in [2.75, 3.05) is 11.6 Å². The van der Waals surface area contributed by atoms with Crippen molar-refractivity contribution in [1.29, 1.82) is 0 Å². The number of anilines is 1. The third-order valence-electron chi connectivity index (χ3n) is 4.06. The van der Waals surface area contributed by atoms with E-state index in [4.69, 9.17) is 0 Å². The van der Waals surface area contributed by atoms with Crippen LogP contribution in [-0.4, -0.2) is 27.1 Å². The van der Waals surface area contributed by atoms with E-state index in [9.17, 15) is 4.79 Å². The molecule has 0 fully saturated rings. The number of amides is 2. The van der Waals surface area contributed by atoms with Gasteiger partial charge in [0.05, 0.1) is 18.4 Å². The summed E-state index contributed by atoms with van der Waals surface area (Å²) in [6, 6.07) is 1.60. The van der Waals surface area contributed by atoms with Crippen LogP contribution in [0.25, 0.3) is 0 Å². The van der Waals surface area contributed by atoms with E-state index in [2.05, 4.69) is 39.1 Å². The van der Waals surface area contributed by atoms with E-state index in [0.29, 0.717) is 12.5 Å². The minimum Gasteiger partial charge on any atom is -0.332 e. The van der Waals surface area contributed by atoms with Gasteiger partial charge in [-0.2, -0.15) is 16.9 Å². The maximum atomic E-state index is 12.2. The molecule has 0 spiro atoms. The number of rotatable bonds is 7. The summed E-state index contributed by atoms with van der Waals surface area (Å²) in [5.74, 6) is 2.22. The number of allylic oxidation sites excluding steroid dienone is 2. The molecule has 0 saturated heterocycles. The average molecular weight is 378 g/mol. The highest BCUT2D eigenvalue weighted by atomic mass is 32.2. The van der Waals surface area contributed by atoms with Gasteiger partial charge in [0.2, 0.25) is 0 Å². The molecule has 1 aliphatic rings. The molecular formula is C17H23N5OS2. The predicted octanol–water partition coefficient (Wildman–Crippen LogP) is 3.88. The van der Waals surface area contributed by atoms with Crippen molar-refractivity contribution in [2.24, 2.45) is 5.92 Å². The summed E-state index contributed by atoms with van der Waals surface area (Å²) in [4.78, 5) is 16.7. The Morgan fingerprint density at radius 1 is 1.48 bits per heavy atom. The lowest BCUT2D eigenvalue weighted by molar-refractivity contribution is 0.251. The third-order valence-corrected chi connectivity index (χ3v) is 5.71. The number of nitrogens with one attached hydrogen (secondary N) is 2. The van der Waals surface area contributed by atoms with Crippen LogP contribution in [0.5, 0.6) is 0 Å². The van der Waals surface area contributed by atoms with Gasteiger partial charge in [0, 0.05) is 23.7 Å². The average Bonchev–Trinajstić information content (AvgIpc) is 3.24. The SMILES string of the molecule is CSCc1nc(CNC(=O)Nc2ccnn2CC2CC=CCC2)cs1. The molecule has 25 heavy (non-hydrogen) atoms. The van der Waals surface area contributed by atoms with Gasteiger partial charge in [0.15, 0.2) is 0 Å². The fourth-order valence-corrected chi connectivity index (χ4v) is 4.32. The first-order chi connectivity index (χ1) is 12.2. The number of thioether (sulfide) groups is 1. The molecule has 6 nitrogen and oxygen atoms in total. The number of aromatic nitrogens is 3. The highest BCUT2D eigenvalue weighted by Gasteiger charge is 2.14. The zero-order valence-electron chi connectivity index (χ0n) is 14.3. The second-order valence-electron chi connectivity index (χ2n) is 6.02. The topological polar surface area (TPSA) is 71.8 Å². The van der Waals surface area contributed by atoms with Crippen molar-refractivity contribution >= 4 is 34.9 Å². The van der Waals surface area contributed by atoms with Crippen LogP contribution in [0, 0.1) is 5.92 Å². The molecule has 2 heterocycles. The fourth-order valence-electron chi connectivity index (χ4n) is 2.80. The summed E-state index contributed by atoms with van der Waals surface area (Å²) in [7, 11) is 0. The first kappa shape index (κ1) is 18.0. The molecule has 2 aromatic rings. The summed E-state index contributed by atoms with van der Waals surface area (Å²) >= 11 is 3.37. The maximum absolute atomic E-state index is 12.2. The van der Waals surface area contributed by atoms with E-state index >= 15 is 0 Å². The minimum absolute atomic E-state index is 0.232. The molecule has 3 rings (SSSR count). The second kappa shape index (κ2) is 9.05. The van der Waals surface area contributed by atoms with Crippen LogP contribution in [0.1, 0.15) is 30.0 Å². The largest absolute Gasteiger partial charge is 0.332 e. The van der Waals surface area contributed by atoms with E-state index in [1.54, 1.807) is 29.3 Å². The van der Waals surface area contributed by atoms with Gasteiger partial charge in [-0.15, -0.1) is 11.3 Å². The molecule has 0 aromatic carbocycles. The van der Waals surface area contributed by atoms with Gasteiger partial charge < -0.3 is 5.32 Å². The molecular weight excluding hydrogens is 354 g/mol. The Kier molecular flexibility index (Phi) is 6.52. The fraction of sp³-hybridized carbons (Fsp3) is 0.471. The van der Waals surface area contributed by atoms with E-state index in [1.807, 2.05) is 16.1 Å². The zero-order chi connectivity index (χ0) is 17.5. The van der Waals surface area contributed by atoms with E-state index in [1.165, 1.54) is 6.42 Å². The van der Waals surface area contributed by atoms with Gasteiger partial charge in [-0.1, -0.05) is 12.2 Å². The number of thiazole rings is 1. The van der Waals surface area contributed by atoms with Crippen LogP contribution in [0.3, 0.4) is 0 Å². The Bertz CT molecular complexity index is 724. The van der Waals surface area contributed by atoms with E-state index in [-0.39, 0.29) is 6.03 Å². The normalized spacial score (nSPS) is 16.8. The highest BCUT2D eigenvalue weighted by molar-refractivity contribution is 7.97. The number of carbonyl (C=O) groups excluding carboxylic acids is 1. The van der Waals surface area contributed by atoms with Crippen LogP contribution in [0.15, 0.2) is 29.8 Å². The summed E-state index contributed by atoms with van der Waals surface area (Å²) < 4.78 is 1.88. The number of nitrogens with zero attached hydrogens (tertiary/aromatic N) is 3. The Balaban J connectivity index is 1.49. The van der Waals surface area contributed by atoms with Crippen LogP contribution in [-0.2, 0) is 18.8 Å². The van der Waals surface area contributed by atoms with Gasteiger partial charge in [0.25, 0.3) is 0 Å². The van der Waals surface area contributed by atoms with E-state index < -0.39 is 0 Å². The predicted molar refractivity (Wildman–Crippen MR) is 104 cm³/mol. The molecule has 0 bridgehead atoms. The summed E-state index contributed by atoms with van der Waals surface area (Å²) in [6.45, 7) is 1.26. The summed E-state index contributed by atoms with van der Waals surface area (Å²) in [6.07, 6.45) is 11.6. The molecule has 8 heteroatoms. The lowest BCUT2D eigenvalue weighted by Crippen LogP contribution is -2.29. The zero-order valence-corrected chi connectivity index (χ0v) is 15.9. The maximum Gasteiger partial charge on any atom is 0.320 e. The van der Waals surface area contributed by atoms with Gasteiger partial charge in [0.1, 0.15) is 10.8 Å². The first-order valence-corrected chi connectivity index (χ1v) is 10.7. The molecule has 2 amide bonds. The van der Waals surface area contributed by atoms with Gasteiger partial charge in [-0.25, -0.2) is 14.5 Å². The Hall–Kier alpha value is -1.80. The Morgan fingerprint density at radius 2 is 2.40 bits per heavy atom. The number of hydrogen-bond acceptors (Lipinski definition) is 5. The monoisotopic (exact) mass is 377 g/mol. The summed E-state index contributed by atoms with van der Waals surface area (Å²) in [5.41, 5.74) is 0.895. The van der Waals surface area contributed by atoms with Crippen molar-refractivity contribution in [3.05, 3.63) is 40.5 Å². The lowest BCUT2D eigenvalue weighted by atomic mass is 9.94. The molecule has 134 valence electrons. The lowest BCUT2D eigenvalue weighted by Gasteiger charge is -2.19. The molecule has 1 atom stereocenters. The minimum atomic E-state index is -0.232. The molecule has 2 N–H and O–H groups in total. The Labute approximate surface area is 156 Å². The number of carbonyl (C=O) groups is 1. The molecule has 0 radical (unpaired) electrons. The van der Waals surface area contributed by atoms with Crippen LogP contribution >= 0.6 is 23.1 Å². The van der Waals surface area contributed by atoms with Gasteiger partial charge in [-0.3, -0.25) is 5.32 Å². The molecule has 0 aliphatic heterocycles. The molecule has 2 aromatic heterocycles. The summed E-state index contributed by atoms with van der Waals surface area (Å²) in [5, 5.41) is 13.2. The molecule has 1 aliphatic carbocycles. The van der Waals surface area contributed by atoms with Crippen molar-refractivity contribution in [3.8, 4) is 0 Å². The quantitative estimate of drug-likeness (QED) is 0.718. The van der Waals surface area contributed by atoms with Crippen molar-refractivity contribution in [1.82, 2.24) is 20.1 Å². The van der Waals surface area contributed by atoms with Gasteiger partial charge in [-0.05, 0) is 31.4 Å². The van der Waals surface area contributed by atoms with Crippen LogP contribution < -0.4 is 10.6 Å². The second-order valence-corrected chi connectivity index (χ2v) is 7.83. The molecule has 0 saturated carbocycles. The van der Waals surface area contributed by atoms with E-state index in [0.717, 1.165) is 41.7 Å². The van der Waals surface area contributed by atoms with Crippen molar-refractivity contribution in [2.45, 2.75) is 38.1 Å². The Morgan fingerprint density at radius 3 is 3.20 bits per heavy atom. The van der Waals surface area contributed by atoms with Crippen LogP contribution in [0.2, 0.25) is 0 Å². The number of urea groups is 1. The number of hydrogen-bond donors (Lipinski definition) is 2. The highest BCUT2D eigenvalue weighted by Crippen LogP contribution is 2.21. The van der Waals surface area contributed by atoms with Crippen molar-refractivity contribution in [3.63, 3.8) is 0 Å². The standard InChI is InChI=1S/C17H23N5OS2/c1-24-12-16-20-14(11-25-16)9-18-17(23)21-15-7-8-19-22(15)10-13-5-3-2-4-6-13/h2-3,7-8,11,13H,4-6,9-10,12H2,1H3,(H2,18,21,23). The van der Waals surface area contributed by atoms with Gasteiger partial charge >= 0.3 is 6.03 Å². The first-order valence-electron chi connectivity index (χ1n) is 8.38. The third kappa shape index (κ3) is 5.34. The molecule has 1 unspecified atom stereocenters.